The van der Waals surface area contributed by atoms with Crippen LogP contribution in [0.4, 0.5) is 10.5 Å². The first-order chi connectivity index (χ1) is 10.6. The van der Waals surface area contributed by atoms with Gasteiger partial charge in [0.2, 0.25) is 0 Å². The van der Waals surface area contributed by atoms with Crippen molar-refractivity contribution in [2.75, 3.05) is 32.5 Å². The molecule has 0 aliphatic carbocycles. The van der Waals surface area contributed by atoms with Crippen LogP contribution in [0.5, 0.6) is 0 Å². The number of anilines is 1. The molecule has 0 spiro atoms. The van der Waals surface area contributed by atoms with Gasteiger partial charge in [0, 0.05) is 32.9 Å². The van der Waals surface area contributed by atoms with Crippen molar-refractivity contribution in [3.8, 4) is 0 Å². The number of halogens is 1. The SMILES string of the molecule is CN(C)C(=O)c1cc(NCCNC(=O)OC(C)(C)C)ccc1Cl. The van der Waals surface area contributed by atoms with Crippen molar-refractivity contribution in [2.24, 2.45) is 0 Å². The average Bonchev–Trinajstić information content (AvgIpc) is 2.42. The zero-order valence-electron chi connectivity index (χ0n) is 14.2. The van der Waals surface area contributed by atoms with Gasteiger partial charge in [-0.15, -0.1) is 0 Å². The zero-order chi connectivity index (χ0) is 17.6. The predicted octanol–water partition coefficient (Wildman–Crippen LogP) is 2.98. The van der Waals surface area contributed by atoms with Gasteiger partial charge in [-0.1, -0.05) is 11.6 Å². The molecule has 6 nitrogen and oxygen atoms in total. The Labute approximate surface area is 142 Å². The predicted molar refractivity (Wildman–Crippen MR) is 92.2 cm³/mol. The topological polar surface area (TPSA) is 70.7 Å². The molecule has 2 N–H and O–H groups in total. The Bertz CT molecular complexity index is 568. The van der Waals surface area contributed by atoms with E-state index < -0.39 is 11.7 Å². The highest BCUT2D eigenvalue weighted by atomic mass is 35.5. The molecule has 1 aromatic carbocycles. The van der Waals surface area contributed by atoms with Crippen LogP contribution in [0.3, 0.4) is 0 Å². The van der Waals surface area contributed by atoms with Crippen LogP contribution in [0.15, 0.2) is 18.2 Å². The minimum Gasteiger partial charge on any atom is -0.444 e. The van der Waals surface area contributed by atoms with Crippen LogP contribution in [0, 0.1) is 0 Å². The van der Waals surface area contributed by atoms with Crippen molar-refractivity contribution in [2.45, 2.75) is 26.4 Å². The molecule has 2 amide bonds. The Kier molecular flexibility index (Phi) is 6.69. The number of carbonyl (C=O) groups is 2. The summed E-state index contributed by atoms with van der Waals surface area (Å²) in [5.74, 6) is -0.162. The van der Waals surface area contributed by atoms with E-state index in [9.17, 15) is 9.59 Å². The highest BCUT2D eigenvalue weighted by Gasteiger charge is 2.15. The molecule has 0 unspecified atom stereocenters. The molecule has 1 rings (SSSR count). The van der Waals surface area contributed by atoms with E-state index in [4.69, 9.17) is 16.3 Å². The van der Waals surface area contributed by atoms with Crippen LogP contribution in [0.2, 0.25) is 5.02 Å². The summed E-state index contributed by atoms with van der Waals surface area (Å²) in [6, 6.07) is 5.14. The smallest absolute Gasteiger partial charge is 0.407 e. The van der Waals surface area contributed by atoms with Crippen LogP contribution in [0.1, 0.15) is 31.1 Å². The third kappa shape index (κ3) is 6.78. The molecule has 128 valence electrons. The summed E-state index contributed by atoms with van der Waals surface area (Å²) in [5, 5.41) is 6.18. The summed E-state index contributed by atoms with van der Waals surface area (Å²) in [5.41, 5.74) is 0.669. The summed E-state index contributed by atoms with van der Waals surface area (Å²) in [7, 11) is 3.34. The maximum absolute atomic E-state index is 12.0. The average molecular weight is 342 g/mol. The van der Waals surface area contributed by atoms with Crippen molar-refractivity contribution in [1.29, 1.82) is 0 Å². The molecule has 0 fully saturated rings. The number of ether oxygens (including phenoxy) is 1. The van der Waals surface area contributed by atoms with E-state index in [0.717, 1.165) is 5.69 Å². The summed E-state index contributed by atoms with van der Waals surface area (Å²) in [6.45, 7) is 6.32. The molecule has 1 aromatic rings. The first kappa shape index (κ1) is 19.1. The normalized spacial score (nSPS) is 10.9. The van der Waals surface area contributed by atoms with Crippen LogP contribution >= 0.6 is 11.6 Å². The van der Waals surface area contributed by atoms with Gasteiger partial charge in [-0.25, -0.2) is 4.79 Å². The summed E-state index contributed by atoms with van der Waals surface area (Å²) in [4.78, 5) is 25.0. The highest BCUT2D eigenvalue weighted by molar-refractivity contribution is 6.34. The number of hydrogen-bond acceptors (Lipinski definition) is 4. The minimum atomic E-state index is -0.519. The van der Waals surface area contributed by atoms with Gasteiger partial charge in [0.1, 0.15) is 5.60 Å². The summed E-state index contributed by atoms with van der Waals surface area (Å²) < 4.78 is 5.14. The lowest BCUT2D eigenvalue weighted by Crippen LogP contribution is -2.35. The minimum absolute atomic E-state index is 0.162. The number of amides is 2. The second kappa shape index (κ2) is 8.06. The van der Waals surface area contributed by atoms with E-state index in [1.807, 2.05) is 20.8 Å². The van der Waals surface area contributed by atoms with Crippen molar-refractivity contribution in [3.63, 3.8) is 0 Å². The molecule has 0 saturated heterocycles. The lowest BCUT2D eigenvalue weighted by Gasteiger charge is -2.19. The second-order valence-electron chi connectivity index (χ2n) is 6.25. The largest absolute Gasteiger partial charge is 0.444 e. The molecule has 0 saturated carbocycles. The molecule has 0 aliphatic rings. The monoisotopic (exact) mass is 341 g/mol. The van der Waals surface area contributed by atoms with Gasteiger partial charge < -0.3 is 20.3 Å². The maximum Gasteiger partial charge on any atom is 0.407 e. The van der Waals surface area contributed by atoms with E-state index in [1.165, 1.54) is 4.90 Å². The zero-order valence-corrected chi connectivity index (χ0v) is 15.0. The number of nitrogens with zero attached hydrogens (tertiary/aromatic N) is 1. The molecule has 0 atom stereocenters. The van der Waals surface area contributed by atoms with Crippen molar-refractivity contribution in [3.05, 3.63) is 28.8 Å². The molecular weight excluding hydrogens is 318 g/mol. The molecular formula is C16H24ClN3O3. The van der Waals surface area contributed by atoms with E-state index in [0.29, 0.717) is 23.7 Å². The Hall–Kier alpha value is -1.95. The van der Waals surface area contributed by atoms with Crippen molar-refractivity contribution >= 4 is 29.3 Å². The standard InChI is InChI=1S/C16H24ClN3O3/c1-16(2,3)23-15(22)19-9-8-18-11-6-7-13(17)12(10-11)14(21)20(4)5/h6-7,10,18H,8-9H2,1-5H3,(H,19,22). The van der Waals surface area contributed by atoms with Gasteiger partial charge in [-0.05, 0) is 39.0 Å². The molecule has 0 radical (unpaired) electrons. The first-order valence-corrected chi connectivity index (χ1v) is 7.70. The number of nitrogens with one attached hydrogen (secondary N) is 2. The van der Waals surface area contributed by atoms with E-state index >= 15 is 0 Å². The summed E-state index contributed by atoms with van der Waals surface area (Å²) in [6.07, 6.45) is -0.459. The van der Waals surface area contributed by atoms with E-state index in [2.05, 4.69) is 10.6 Å². The Morgan fingerprint density at radius 1 is 1.22 bits per heavy atom. The number of carbonyl (C=O) groups excluding carboxylic acids is 2. The summed E-state index contributed by atoms with van der Waals surface area (Å²) >= 11 is 6.05. The van der Waals surface area contributed by atoms with Crippen molar-refractivity contribution < 1.29 is 14.3 Å². The molecule has 7 heteroatoms. The van der Waals surface area contributed by atoms with Crippen LogP contribution in [-0.2, 0) is 4.74 Å². The Balaban J connectivity index is 2.51. The van der Waals surface area contributed by atoms with E-state index in [-0.39, 0.29) is 5.91 Å². The Morgan fingerprint density at radius 2 is 1.87 bits per heavy atom. The molecule has 0 aliphatic heterocycles. The number of benzene rings is 1. The number of hydrogen-bond donors (Lipinski definition) is 2. The van der Waals surface area contributed by atoms with Gasteiger partial charge in [-0.3, -0.25) is 4.79 Å². The lowest BCUT2D eigenvalue weighted by atomic mass is 10.1. The fourth-order valence-corrected chi connectivity index (χ4v) is 1.92. The van der Waals surface area contributed by atoms with Crippen LogP contribution in [-0.4, -0.2) is 49.7 Å². The first-order valence-electron chi connectivity index (χ1n) is 7.32. The number of rotatable bonds is 5. The van der Waals surface area contributed by atoms with Crippen LogP contribution in [0.25, 0.3) is 0 Å². The van der Waals surface area contributed by atoms with Gasteiger partial charge >= 0.3 is 6.09 Å². The fourth-order valence-electron chi connectivity index (χ4n) is 1.73. The fraction of sp³-hybridized carbons (Fsp3) is 0.500. The Morgan fingerprint density at radius 3 is 2.43 bits per heavy atom. The number of alkyl carbamates (subject to hydrolysis) is 1. The third-order valence-corrected chi connectivity index (χ3v) is 3.05. The van der Waals surface area contributed by atoms with E-state index in [1.54, 1.807) is 32.3 Å². The van der Waals surface area contributed by atoms with Gasteiger partial charge in [-0.2, -0.15) is 0 Å². The van der Waals surface area contributed by atoms with Gasteiger partial charge in [0.05, 0.1) is 10.6 Å². The molecule has 0 aromatic heterocycles. The van der Waals surface area contributed by atoms with Gasteiger partial charge in [0.15, 0.2) is 0 Å². The second-order valence-corrected chi connectivity index (χ2v) is 6.66. The molecule has 23 heavy (non-hydrogen) atoms. The third-order valence-electron chi connectivity index (χ3n) is 2.73. The maximum atomic E-state index is 12.0. The lowest BCUT2D eigenvalue weighted by molar-refractivity contribution is 0.0530. The van der Waals surface area contributed by atoms with Crippen molar-refractivity contribution in [1.82, 2.24) is 10.2 Å². The quantitative estimate of drug-likeness (QED) is 0.808. The molecule has 0 bridgehead atoms. The van der Waals surface area contributed by atoms with Crippen LogP contribution < -0.4 is 10.6 Å². The molecule has 0 heterocycles. The van der Waals surface area contributed by atoms with Gasteiger partial charge in [0.25, 0.3) is 5.91 Å². The highest BCUT2D eigenvalue weighted by Crippen LogP contribution is 2.21.